The van der Waals surface area contributed by atoms with Crippen LogP contribution in [0.5, 0.6) is 0 Å². The number of carbonyl (C=O) groups excluding carboxylic acids is 2. The van der Waals surface area contributed by atoms with Crippen LogP contribution in [0.4, 0.5) is 0 Å². The van der Waals surface area contributed by atoms with Crippen LogP contribution in [0.25, 0.3) is 11.0 Å². The summed E-state index contributed by atoms with van der Waals surface area (Å²) in [6.07, 6.45) is 1.72. The minimum atomic E-state index is -0.750. The number of hydrogen-bond acceptors (Lipinski definition) is 8. The maximum Gasteiger partial charge on any atom is 0.335 e. The summed E-state index contributed by atoms with van der Waals surface area (Å²) < 4.78 is 22.5. The first-order valence-corrected chi connectivity index (χ1v) is 16.5. The van der Waals surface area contributed by atoms with Crippen molar-refractivity contribution in [2.45, 2.75) is 45.8 Å². The number of carbonyl (C=O) groups is 2. The van der Waals surface area contributed by atoms with E-state index in [1.807, 2.05) is 35.2 Å². The Kier molecular flexibility index (Phi) is 11.3. The summed E-state index contributed by atoms with van der Waals surface area (Å²) in [6.45, 7) is 10.8. The van der Waals surface area contributed by atoms with Gasteiger partial charge in [-0.15, -0.1) is 0 Å². The lowest BCUT2D eigenvalue weighted by molar-refractivity contribution is 0.0628. The maximum atomic E-state index is 13.3. The standard InChI is InChI=1S/C36H39N5O3.O2S/c1-25-3-4-29(19-26(25)2)24-40-15-17-41(18-16-40)36(43)30-9-10-33-31(20-30)21-34(44-33)35(42)38-32-11-13-39(14-12-32)23-28-7-5-27(22-37)6-8-28;1-3-2/h3-10,19-21,32H,11-18,23-24H2,1-2H3,(H,38,42);. The molecule has 10 nitrogen and oxygen atoms in total. The molecule has 4 aromatic rings. The zero-order chi connectivity index (χ0) is 33.3. The first kappa shape index (κ1) is 33.7. The van der Waals surface area contributed by atoms with Gasteiger partial charge in [0.2, 0.25) is 0 Å². The molecule has 0 bridgehead atoms. The van der Waals surface area contributed by atoms with E-state index in [-0.39, 0.29) is 23.6 Å². The molecular weight excluding hydrogens is 614 g/mol. The molecular formula is C36H39N5O5S. The van der Waals surface area contributed by atoms with Crippen LogP contribution in [0.2, 0.25) is 0 Å². The van der Waals surface area contributed by atoms with E-state index < -0.39 is 11.6 Å². The molecule has 0 atom stereocenters. The highest BCUT2D eigenvalue weighted by Gasteiger charge is 2.25. The number of nitrogens with one attached hydrogen (secondary N) is 1. The zero-order valence-electron chi connectivity index (χ0n) is 26.7. The van der Waals surface area contributed by atoms with Gasteiger partial charge in [0.1, 0.15) is 5.58 Å². The molecule has 6 rings (SSSR count). The maximum absolute atomic E-state index is 13.3. The molecule has 0 radical (unpaired) electrons. The number of fused-ring (bicyclic) bond motifs is 1. The van der Waals surface area contributed by atoms with E-state index in [0.717, 1.165) is 57.5 Å². The smallest absolute Gasteiger partial charge is 0.335 e. The van der Waals surface area contributed by atoms with E-state index in [1.54, 1.807) is 18.2 Å². The first-order chi connectivity index (χ1) is 22.8. The van der Waals surface area contributed by atoms with E-state index in [1.165, 1.54) is 22.3 Å². The second-order valence-corrected chi connectivity index (χ2v) is 12.4. The van der Waals surface area contributed by atoms with Crippen LogP contribution in [0.3, 0.4) is 0 Å². The number of piperidine rings is 1. The second-order valence-electron chi connectivity index (χ2n) is 12.3. The SMILES string of the molecule is Cc1ccc(CN2CCN(C(=O)c3ccc4oc(C(=O)NC5CCN(Cc6ccc(C#N)cc6)CC5)cc4c3)CC2)cc1C.O=S=O. The van der Waals surface area contributed by atoms with E-state index in [9.17, 15) is 9.59 Å². The van der Waals surface area contributed by atoms with E-state index in [2.05, 4.69) is 53.2 Å². The average molecular weight is 654 g/mol. The fraction of sp³-hybridized carbons (Fsp3) is 0.361. The lowest BCUT2D eigenvalue weighted by atomic mass is 10.0. The summed E-state index contributed by atoms with van der Waals surface area (Å²) >= 11 is -0.750. The molecule has 3 aromatic carbocycles. The van der Waals surface area contributed by atoms with Crippen LogP contribution in [0.1, 0.15) is 61.6 Å². The normalized spacial score (nSPS) is 15.8. The van der Waals surface area contributed by atoms with E-state index >= 15 is 0 Å². The number of rotatable bonds is 7. The number of nitriles is 1. The van der Waals surface area contributed by atoms with E-state index in [0.29, 0.717) is 29.8 Å². The summed E-state index contributed by atoms with van der Waals surface area (Å²) in [5, 5.41) is 12.9. The van der Waals surface area contributed by atoms with Gasteiger partial charge in [0.15, 0.2) is 5.76 Å². The quantitative estimate of drug-likeness (QED) is 0.307. The lowest BCUT2D eigenvalue weighted by Crippen LogP contribution is -2.48. The Hall–Kier alpha value is -4.63. The molecule has 3 heterocycles. The molecule has 0 saturated carbocycles. The van der Waals surface area contributed by atoms with Crippen molar-refractivity contribution in [2.75, 3.05) is 39.3 Å². The van der Waals surface area contributed by atoms with Gasteiger partial charge in [-0.2, -0.15) is 13.7 Å². The Bertz CT molecular complexity index is 1790. The van der Waals surface area contributed by atoms with Gasteiger partial charge in [0.05, 0.1) is 11.6 Å². The third-order valence-electron chi connectivity index (χ3n) is 9.04. The molecule has 2 aliphatic heterocycles. The molecule has 11 heteroatoms. The van der Waals surface area contributed by atoms with Gasteiger partial charge >= 0.3 is 11.6 Å². The minimum Gasteiger partial charge on any atom is -0.451 e. The molecule has 2 amide bonds. The van der Waals surface area contributed by atoms with Crippen molar-refractivity contribution in [3.8, 4) is 6.07 Å². The Morgan fingerprint density at radius 1 is 0.830 bits per heavy atom. The van der Waals surface area contributed by atoms with Crippen molar-refractivity contribution in [2.24, 2.45) is 0 Å². The number of piperazine rings is 1. The van der Waals surface area contributed by atoms with Gasteiger partial charge in [-0.3, -0.25) is 19.4 Å². The monoisotopic (exact) mass is 653 g/mol. The Labute approximate surface area is 278 Å². The average Bonchev–Trinajstić information content (AvgIpc) is 3.52. The lowest BCUT2D eigenvalue weighted by Gasteiger charge is -2.35. The highest BCUT2D eigenvalue weighted by molar-refractivity contribution is 7.51. The van der Waals surface area contributed by atoms with Crippen LogP contribution >= 0.6 is 0 Å². The summed E-state index contributed by atoms with van der Waals surface area (Å²) in [6, 6.07) is 23.7. The van der Waals surface area contributed by atoms with Gasteiger partial charge in [-0.1, -0.05) is 30.3 Å². The first-order valence-electron chi connectivity index (χ1n) is 15.8. The van der Waals surface area contributed by atoms with Crippen molar-refractivity contribution in [3.05, 3.63) is 106 Å². The van der Waals surface area contributed by atoms with Gasteiger partial charge in [0.25, 0.3) is 11.8 Å². The van der Waals surface area contributed by atoms with Crippen LogP contribution < -0.4 is 5.32 Å². The van der Waals surface area contributed by atoms with Crippen molar-refractivity contribution in [3.63, 3.8) is 0 Å². The largest absolute Gasteiger partial charge is 0.451 e. The molecule has 47 heavy (non-hydrogen) atoms. The number of furan rings is 1. The Morgan fingerprint density at radius 2 is 1.47 bits per heavy atom. The predicted octanol–water partition coefficient (Wildman–Crippen LogP) is 4.60. The molecule has 2 fully saturated rings. The Balaban J connectivity index is 0.00000139. The summed E-state index contributed by atoms with van der Waals surface area (Å²) in [5.74, 6) is 0.0572. The number of benzene rings is 3. The van der Waals surface area contributed by atoms with Crippen molar-refractivity contribution >= 4 is 34.4 Å². The van der Waals surface area contributed by atoms with Gasteiger partial charge in [-0.25, -0.2) is 0 Å². The molecule has 2 aliphatic rings. The predicted molar refractivity (Wildman–Crippen MR) is 179 cm³/mol. The number of hydrogen-bond donors (Lipinski definition) is 1. The number of nitrogens with zero attached hydrogens (tertiary/aromatic N) is 4. The van der Waals surface area contributed by atoms with Crippen molar-refractivity contribution in [1.82, 2.24) is 20.0 Å². The molecule has 0 aliphatic carbocycles. The molecule has 1 N–H and O–H groups in total. The van der Waals surface area contributed by atoms with Crippen LogP contribution in [0.15, 0.2) is 71.1 Å². The zero-order valence-corrected chi connectivity index (χ0v) is 27.6. The highest BCUT2D eigenvalue weighted by Crippen LogP contribution is 2.23. The number of amides is 2. The fourth-order valence-electron chi connectivity index (χ4n) is 6.17. The summed E-state index contributed by atoms with van der Waals surface area (Å²) in [7, 11) is 0. The molecule has 244 valence electrons. The van der Waals surface area contributed by atoms with Gasteiger partial charge in [0, 0.05) is 69.3 Å². The van der Waals surface area contributed by atoms with Gasteiger partial charge < -0.3 is 14.6 Å². The highest BCUT2D eigenvalue weighted by atomic mass is 32.1. The molecule has 1 aromatic heterocycles. The number of aryl methyl sites for hydroxylation is 2. The third kappa shape index (κ3) is 8.80. The molecule has 2 saturated heterocycles. The third-order valence-corrected chi connectivity index (χ3v) is 9.04. The van der Waals surface area contributed by atoms with Crippen LogP contribution in [-0.4, -0.2) is 80.2 Å². The van der Waals surface area contributed by atoms with Crippen LogP contribution in [-0.2, 0) is 24.7 Å². The molecule has 0 unspecified atom stereocenters. The van der Waals surface area contributed by atoms with Crippen molar-refractivity contribution in [1.29, 1.82) is 5.26 Å². The summed E-state index contributed by atoms with van der Waals surface area (Å²) in [5.41, 5.74) is 6.99. The van der Waals surface area contributed by atoms with E-state index in [4.69, 9.17) is 18.1 Å². The fourth-order valence-corrected chi connectivity index (χ4v) is 6.17. The van der Waals surface area contributed by atoms with Gasteiger partial charge in [-0.05, 0) is 85.3 Å². The van der Waals surface area contributed by atoms with Crippen molar-refractivity contribution < 1.29 is 22.4 Å². The molecule has 0 spiro atoms. The summed E-state index contributed by atoms with van der Waals surface area (Å²) in [4.78, 5) is 33.1. The second kappa shape index (κ2) is 15.8. The minimum absolute atomic E-state index is 0.0118. The Morgan fingerprint density at radius 3 is 2.13 bits per heavy atom. The van der Waals surface area contributed by atoms with Crippen LogP contribution in [0, 0.1) is 25.2 Å². The topological polar surface area (TPSA) is 127 Å². The number of likely N-dealkylation sites (tertiary alicyclic amines) is 1.